The van der Waals surface area contributed by atoms with Crippen molar-refractivity contribution in [2.24, 2.45) is 0 Å². The van der Waals surface area contributed by atoms with Crippen molar-refractivity contribution in [3.63, 3.8) is 0 Å². The van der Waals surface area contributed by atoms with Crippen LogP contribution in [0.4, 0.5) is 0 Å². The number of aryl methyl sites for hydroxylation is 1. The van der Waals surface area contributed by atoms with Crippen molar-refractivity contribution in [1.29, 1.82) is 0 Å². The van der Waals surface area contributed by atoms with Crippen LogP contribution in [0.25, 0.3) is 0 Å². The zero-order chi connectivity index (χ0) is 18.4. The maximum absolute atomic E-state index is 12.5. The molecule has 1 N–H and O–H groups in total. The van der Waals surface area contributed by atoms with Gasteiger partial charge < -0.3 is 10.0 Å². The molecule has 2 aromatic carbocycles. The number of carboxylic acids is 1. The van der Waals surface area contributed by atoms with E-state index < -0.39 is 5.97 Å². The second kappa shape index (κ2) is 8.88. The molecule has 1 amide bonds. The molecule has 2 rings (SSSR count). The molecule has 0 aliphatic rings. The molecule has 132 valence electrons. The third-order valence-electron chi connectivity index (χ3n) is 3.95. The van der Waals surface area contributed by atoms with E-state index in [4.69, 9.17) is 23.2 Å². The Morgan fingerprint density at radius 1 is 1.08 bits per heavy atom. The summed E-state index contributed by atoms with van der Waals surface area (Å²) >= 11 is 11.9. The summed E-state index contributed by atoms with van der Waals surface area (Å²) < 4.78 is 0. The summed E-state index contributed by atoms with van der Waals surface area (Å²) in [5.74, 6) is -1.01. The first-order valence-electron chi connectivity index (χ1n) is 7.95. The highest BCUT2D eigenvalue weighted by molar-refractivity contribution is 6.42. The molecule has 6 heteroatoms. The first-order chi connectivity index (χ1) is 11.9. The maximum atomic E-state index is 12.5. The van der Waals surface area contributed by atoms with Gasteiger partial charge in [-0.15, -0.1) is 0 Å². The Bertz CT molecular complexity index is 777. The summed E-state index contributed by atoms with van der Waals surface area (Å²) in [6, 6.07) is 12.0. The highest BCUT2D eigenvalue weighted by Gasteiger charge is 2.15. The molecule has 0 spiro atoms. The first-order valence-corrected chi connectivity index (χ1v) is 8.70. The molecule has 0 unspecified atom stereocenters. The molecule has 0 radical (unpaired) electrons. The topological polar surface area (TPSA) is 57.6 Å². The minimum absolute atomic E-state index is 0.0336. The number of nitrogens with zero attached hydrogens (tertiary/aromatic N) is 1. The van der Waals surface area contributed by atoms with Gasteiger partial charge in [-0.2, -0.15) is 0 Å². The lowest BCUT2D eigenvalue weighted by atomic mass is 10.0. The fourth-order valence-corrected chi connectivity index (χ4v) is 2.90. The number of halogens is 2. The molecule has 25 heavy (non-hydrogen) atoms. The quantitative estimate of drug-likeness (QED) is 0.759. The predicted molar refractivity (Wildman–Crippen MR) is 99.3 cm³/mol. The monoisotopic (exact) mass is 379 g/mol. The summed E-state index contributed by atoms with van der Waals surface area (Å²) in [7, 11) is 0. The van der Waals surface area contributed by atoms with Gasteiger partial charge in [-0.3, -0.25) is 4.79 Å². The van der Waals surface area contributed by atoms with Crippen LogP contribution in [0.5, 0.6) is 0 Å². The van der Waals surface area contributed by atoms with Crippen LogP contribution in [0.1, 0.15) is 34.8 Å². The van der Waals surface area contributed by atoms with E-state index in [2.05, 4.69) is 0 Å². The summed E-state index contributed by atoms with van der Waals surface area (Å²) in [5.41, 5.74) is 1.80. The van der Waals surface area contributed by atoms with E-state index in [1.165, 1.54) is 0 Å². The fourth-order valence-electron chi connectivity index (χ4n) is 2.58. The number of carbonyl (C=O) groups is 2. The summed E-state index contributed by atoms with van der Waals surface area (Å²) in [6.07, 6.45) is 0.638. The summed E-state index contributed by atoms with van der Waals surface area (Å²) in [6.45, 7) is 2.90. The normalized spacial score (nSPS) is 10.5. The van der Waals surface area contributed by atoms with Gasteiger partial charge in [0.05, 0.1) is 15.6 Å². The van der Waals surface area contributed by atoms with Crippen LogP contribution in [0.3, 0.4) is 0 Å². The van der Waals surface area contributed by atoms with Crippen molar-refractivity contribution in [2.45, 2.75) is 26.3 Å². The standard InChI is InChI=1S/C19H19Cl2NO3/c1-2-22(12-13-7-9-16(20)17(21)11-13)18(23)10-8-14-5-3-4-6-15(14)19(24)25/h3-7,9,11H,2,8,10,12H2,1H3,(H,24,25). The zero-order valence-electron chi connectivity index (χ0n) is 13.8. The van der Waals surface area contributed by atoms with Crippen LogP contribution in [-0.4, -0.2) is 28.4 Å². The van der Waals surface area contributed by atoms with Gasteiger partial charge in [-0.05, 0) is 42.7 Å². The lowest BCUT2D eigenvalue weighted by molar-refractivity contribution is -0.131. The number of carbonyl (C=O) groups excluding carboxylic acids is 1. The number of benzene rings is 2. The Balaban J connectivity index is 2.03. The maximum Gasteiger partial charge on any atom is 0.335 e. The van der Waals surface area contributed by atoms with Crippen molar-refractivity contribution < 1.29 is 14.7 Å². The molecular formula is C19H19Cl2NO3. The van der Waals surface area contributed by atoms with Gasteiger partial charge in [0.2, 0.25) is 5.91 Å². The van der Waals surface area contributed by atoms with Crippen LogP contribution < -0.4 is 0 Å². The predicted octanol–water partition coefficient (Wildman–Crippen LogP) is 4.67. The van der Waals surface area contributed by atoms with Gasteiger partial charge in [0.15, 0.2) is 0 Å². The second-order valence-corrected chi connectivity index (χ2v) is 6.43. The van der Waals surface area contributed by atoms with Gasteiger partial charge in [0.1, 0.15) is 0 Å². The Labute approximate surface area is 157 Å². The smallest absolute Gasteiger partial charge is 0.335 e. The third kappa shape index (κ3) is 5.21. The third-order valence-corrected chi connectivity index (χ3v) is 4.69. The van der Waals surface area contributed by atoms with E-state index in [9.17, 15) is 14.7 Å². The minimum atomic E-state index is -0.980. The number of carboxylic acid groups (broad SMARTS) is 1. The van der Waals surface area contributed by atoms with Gasteiger partial charge >= 0.3 is 5.97 Å². The number of amides is 1. The molecular weight excluding hydrogens is 361 g/mol. The zero-order valence-corrected chi connectivity index (χ0v) is 15.3. The second-order valence-electron chi connectivity index (χ2n) is 5.62. The molecule has 2 aromatic rings. The Morgan fingerprint density at radius 2 is 1.80 bits per heavy atom. The average molecular weight is 380 g/mol. The molecule has 0 fully saturated rings. The Hall–Kier alpha value is -2.04. The number of rotatable bonds is 7. The lowest BCUT2D eigenvalue weighted by Crippen LogP contribution is -2.30. The minimum Gasteiger partial charge on any atom is -0.478 e. The molecule has 0 heterocycles. The number of hydrogen-bond donors (Lipinski definition) is 1. The van der Waals surface area contributed by atoms with E-state index in [0.29, 0.717) is 35.1 Å². The summed E-state index contributed by atoms with van der Waals surface area (Å²) in [5, 5.41) is 10.1. The van der Waals surface area contributed by atoms with Crippen LogP contribution in [0.15, 0.2) is 42.5 Å². The highest BCUT2D eigenvalue weighted by atomic mass is 35.5. The highest BCUT2D eigenvalue weighted by Crippen LogP contribution is 2.23. The lowest BCUT2D eigenvalue weighted by Gasteiger charge is -2.21. The van der Waals surface area contributed by atoms with Crippen molar-refractivity contribution in [3.05, 3.63) is 69.2 Å². The van der Waals surface area contributed by atoms with E-state index in [1.54, 1.807) is 41.3 Å². The molecule has 0 bridgehead atoms. The van der Waals surface area contributed by atoms with E-state index in [0.717, 1.165) is 5.56 Å². The molecule has 0 saturated heterocycles. The number of aromatic carboxylic acids is 1. The number of hydrogen-bond acceptors (Lipinski definition) is 2. The SMILES string of the molecule is CCN(Cc1ccc(Cl)c(Cl)c1)C(=O)CCc1ccccc1C(=O)O. The van der Waals surface area contributed by atoms with Gasteiger partial charge in [0.25, 0.3) is 0 Å². The van der Waals surface area contributed by atoms with Crippen LogP contribution >= 0.6 is 23.2 Å². The Kier molecular flexibility index (Phi) is 6.85. The van der Waals surface area contributed by atoms with Gasteiger partial charge in [-0.25, -0.2) is 4.79 Å². The average Bonchev–Trinajstić information content (AvgIpc) is 2.60. The first kappa shape index (κ1) is 19.3. The molecule has 0 aliphatic heterocycles. The molecule has 0 atom stereocenters. The molecule has 0 aliphatic carbocycles. The van der Waals surface area contributed by atoms with E-state index in [-0.39, 0.29) is 17.9 Å². The Morgan fingerprint density at radius 3 is 2.44 bits per heavy atom. The van der Waals surface area contributed by atoms with Gasteiger partial charge in [-0.1, -0.05) is 47.5 Å². The molecule has 0 aromatic heterocycles. The largest absolute Gasteiger partial charge is 0.478 e. The van der Waals surface area contributed by atoms with E-state index in [1.807, 2.05) is 13.0 Å². The van der Waals surface area contributed by atoms with Crippen molar-refractivity contribution >= 4 is 35.1 Å². The van der Waals surface area contributed by atoms with Gasteiger partial charge in [0, 0.05) is 19.5 Å². The fraction of sp³-hybridized carbons (Fsp3) is 0.263. The summed E-state index contributed by atoms with van der Waals surface area (Å²) in [4.78, 5) is 25.5. The van der Waals surface area contributed by atoms with Crippen molar-refractivity contribution in [2.75, 3.05) is 6.54 Å². The van der Waals surface area contributed by atoms with Crippen LogP contribution in [0, 0.1) is 0 Å². The van der Waals surface area contributed by atoms with Crippen molar-refractivity contribution in [3.8, 4) is 0 Å². The van der Waals surface area contributed by atoms with Crippen LogP contribution in [-0.2, 0) is 17.8 Å². The van der Waals surface area contributed by atoms with Crippen molar-refractivity contribution in [1.82, 2.24) is 4.90 Å². The molecule has 0 saturated carbocycles. The van der Waals surface area contributed by atoms with E-state index >= 15 is 0 Å². The molecule has 4 nitrogen and oxygen atoms in total. The van der Waals surface area contributed by atoms with Crippen LogP contribution in [0.2, 0.25) is 10.0 Å².